The van der Waals surface area contributed by atoms with Crippen molar-refractivity contribution in [1.82, 2.24) is 0 Å². The summed E-state index contributed by atoms with van der Waals surface area (Å²) in [5, 5.41) is 0. The van der Waals surface area contributed by atoms with Crippen molar-refractivity contribution in [3.8, 4) is 34.8 Å². The molecule has 30 heavy (non-hydrogen) atoms. The van der Waals surface area contributed by atoms with Crippen LogP contribution in [0.2, 0.25) is 0 Å². The van der Waals surface area contributed by atoms with Crippen molar-refractivity contribution in [2.75, 3.05) is 0 Å². The van der Waals surface area contributed by atoms with E-state index in [9.17, 15) is 0 Å². The molecular weight excluding hydrogens is 360 g/mol. The molecule has 0 saturated carbocycles. The zero-order valence-corrected chi connectivity index (χ0v) is 19.1. The van der Waals surface area contributed by atoms with Gasteiger partial charge in [-0.2, -0.15) is 0 Å². The molecule has 2 aromatic carbocycles. The maximum Gasteiger partial charge on any atom is 0.0245 e. The summed E-state index contributed by atoms with van der Waals surface area (Å²) in [6, 6.07) is 17.2. The summed E-state index contributed by atoms with van der Waals surface area (Å²) >= 11 is 0. The van der Waals surface area contributed by atoms with Crippen LogP contribution in [0, 0.1) is 23.7 Å². The van der Waals surface area contributed by atoms with E-state index in [2.05, 4.69) is 86.1 Å². The molecule has 2 aromatic rings. The maximum absolute atomic E-state index is 3.32. The molecular formula is C30H38. The van der Waals surface area contributed by atoms with E-state index >= 15 is 0 Å². The second-order valence-corrected chi connectivity index (χ2v) is 8.09. The summed E-state index contributed by atoms with van der Waals surface area (Å²) in [6.07, 6.45) is 15.1. The zero-order valence-electron chi connectivity index (χ0n) is 19.1. The van der Waals surface area contributed by atoms with Gasteiger partial charge in [-0.25, -0.2) is 0 Å². The molecule has 0 aliphatic rings. The predicted octanol–water partition coefficient (Wildman–Crippen LogP) is 8.78. The van der Waals surface area contributed by atoms with E-state index in [1.165, 1.54) is 75.3 Å². The predicted molar refractivity (Wildman–Crippen MR) is 132 cm³/mol. The molecule has 0 nitrogen and oxygen atoms in total. The number of hydrogen-bond acceptors (Lipinski definition) is 0. The SMILES string of the molecule is CCCCCCCC#Cc1ccc(-c2ccc(C#CCCCCCCC)cc2)cc1. The third-order valence-electron chi connectivity index (χ3n) is 5.38. The minimum absolute atomic E-state index is 1.01. The summed E-state index contributed by atoms with van der Waals surface area (Å²) in [6.45, 7) is 4.51. The number of unbranched alkanes of at least 4 members (excludes halogenated alkanes) is 10. The van der Waals surface area contributed by atoms with E-state index in [4.69, 9.17) is 0 Å². The van der Waals surface area contributed by atoms with Crippen molar-refractivity contribution in [3.63, 3.8) is 0 Å². The van der Waals surface area contributed by atoms with E-state index in [-0.39, 0.29) is 0 Å². The summed E-state index contributed by atoms with van der Waals surface area (Å²) in [5.74, 6) is 13.2. The van der Waals surface area contributed by atoms with Gasteiger partial charge in [0.1, 0.15) is 0 Å². The van der Waals surface area contributed by atoms with Crippen LogP contribution in [0.5, 0.6) is 0 Å². The summed E-state index contributed by atoms with van der Waals surface area (Å²) < 4.78 is 0. The van der Waals surface area contributed by atoms with Crippen LogP contribution in [0.1, 0.15) is 102 Å². The molecule has 158 valence electrons. The molecule has 0 aliphatic heterocycles. The summed E-state index contributed by atoms with van der Waals surface area (Å²) in [5.41, 5.74) is 4.67. The Morgan fingerprint density at radius 2 is 0.833 bits per heavy atom. The minimum Gasteiger partial charge on any atom is -0.0979 e. The zero-order chi connectivity index (χ0) is 21.3. The molecule has 0 saturated heterocycles. The van der Waals surface area contributed by atoms with E-state index in [1.807, 2.05) is 0 Å². The molecule has 0 aromatic heterocycles. The Morgan fingerprint density at radius 1 is 0.467 bits per heavy atom. The fourth-order valence-electron chi connectivity index (χ4n) is 3.46. The van der Waals surface area contributed by atoms with Crippen LogP contribution in [0.4, 0.5) is 0 Å². The molecule has 0 radical (unpaired) electrons. The van der Waals surface area contributed by atoms with Crippen LogP contribution < -0.4 is 0 Å². The fraction of sp³-hybridized carbons (Fsp3) is 0.467. The standard InChI is InChI=1S/C30H38/c1-3-5-7-9-11-13-15-17-27-19-23-29(24-20-27)30-25-21-28(22-26-30)18-16-14-12-10-8-6-4-2/h19-26H,3-14H2,1-2H3. The molecule has 0 atom stereocenters. The van der Waals surface area contributed by atoms with Gasteiger partial charge in [0.2, 0.25) is 0 Å². The van der Waals surface area contributed by atoms with E-state index in [1.54, 1.807) is 0 Å². The third-order valence-corrected chi connectivity index (χ3v) is 5.38. The van der Waals surface area contributed by atoms with Gasteiger partial charge in [0.15, 0.2) is 0 Å². The molecule has 0 aliphatic carbocycles. The highest BCUT2D eigenvalue weighted by Gasteiger charge is 1.98. The summed E-state index contributed by atoms with van der Waals surface area (Å²) in [4.78, 5) is 0. The largest absolute Gasteiger partial charge is 0.0979 e. The molecule has 0 heterocycles. The first kappa shape index (κ1) is 23.8. The smallest absolute Gasteiger partial charge is 0.0245 e. The number of hydrogen-bond donors (Lipinski definition) is 0. The van der Waals surface area contributed by atoms with Gasteiger partial charge in [-0.3, -0.25) is 0 Å². The number of rotatable bonds is 11. The summed E-state index contributed by atoms with van der Waals surface area (Å²) in [7, 11) is 0. The average molecular weight is 399 g/mol. The van der Waals surface area contributed by atoms with Crippen LogP contribution >= 0.6 is 0 Å². The van der Waals surface area contributed by atoms with Gasteiger partial charge in [0.25, 0.3) is 0 Å². The Hall–Kier alpha value is -2.44. The second kappa shape index (κ2) is 15.4. The Labute approximate surface area is 185 Å². The molecule has 0 heteroatoms. The van der Waals surface area contributed by atoms with Crippen LogP contribution in [-0.2, 0) is 0 Å². The van der Waals surface area contributed by atoms with Gasteiger partial charge >= 0.3 is 0 Å². The van der Waals surface area contributed by atoms with E-state index in [0.29, 0.717) is 0 Å². The molecule has 2 rings (SSSR count). The van der Waals surface area contributed by atoms with Crippen LogP contribution in [-0.4, -0.2) is 0 Å². The lowest BCUT2D eigenvalue weighted by atomic mass is 10.0. The first-order chi connectivity index (χ1) is 14.8. The van der Waals surface area contributed by atoms with Gasteiger partial charge in [-0.05, 0) is 48.2 Å². The molecule has 0 bridgehead atoms. The first-order valence-electron chi connectivity index (χ1n) is 12.0. The topological polar surface area (TPSA) is 0 Å². The normalized spacial score (nSPS) is 10.1. The lowest BCUT2D eigenvalue weighted by Gasteiger charge is -2.02. The molecule has 0 spiro atoms. The van der Waals surface area contributed by atoms with Gasteiger partial charge in [-0.15, -0.1) is 0 Å². The van der Waals surface area contributed by atoms with Crippen molar-refractivity contribution in [3.05, 3.63) is 59.7 Å². The third kappa shape index (κ3) is 9.85. The van der Waals surface area contributed by atoms with Crippen LogP contribution in [0.15, 0.2) is 48.5 Å². The highest BCUT2D eigenvalue weighted by atomic mass is 14.0. The molecule has 0 fully saturated rings. The van der Waals surface area contributed by atoms with Crippen molar-refractivity contribution in [1.29, 1.82) is 0 Å². The quantitative estimate of drug-likeness (QED) is 0.262. The molecule has 0 unspecified atom stereocenters. The lowest BCUT2D eigenvalue weighted by Crippen LogP contribution is -1.81. The van der Waals surface area contributed by atoms with Gasteiger partial charge in [-0.1, -0.05) is 113 Å². The number of benzene rings is 2. The van der Waals surface area contributed by atoms with E-state index in [0.717, 1.165) is 24.0 Å². The van der Waals surface area contributed by atoms with Crippen molar-refractivity contribution >= 4 is 0 Å². The first-order valence-corrected chi connectivity index (χ1v) is 12.0. The fourth-order valence-corrected chi connectivity index (χ4v) is 3.46. The van der Waals surface area contributed by atoms with Crippen LogP contribution in [0.25, 0.3) is 11.1 Å². The van der Waals surface area contributed by atoms with Crippen LogP contribution in [0.3, 0.4) is 0 Å². The Morgan fingerprint density at radius 3 is 1.20 bits per heavy atom. The van der Waals surface area contributed by atoms with Gasteiger partial charge < -0.3 is 0 Å². The van der Waals surface area contributed by atoms with Gasteiger partial charge in [0, 0.05) is 24.0 Å². The highest BCUT2D eigenvalue weighted by molar-refractivity contribution is 5.65. The van der Waals surface area contributed by atoms with Crippen molar-refractivity contribution < 1.29 is 0 Å². The average Bonchev–Trinajstić information content (AvgIpc) is 2.79. The van der Waals surface area contributed by atoms with Crippen molar-refractivity contribution in [2.45, 2.75) is 90.9 Å². The van der Waals surface area contributed by atoms with E-state index < -0.39 is 0 Å². The Bertz CT molecular complexity index is 743. The lowest BCUT2D eigenvalue weighted by molar-refractivity contribution is 0.641. The van der Waals surface area contributed by atoms with Gasteiger partial charge in [0.05, 0.1) is 0 Å². The van der Waals surface area contributed by atoms with Crippen molar-refractivity contribution in [2.24, 2.45) is 0 Å². The maximum atomic E-state index is 3.32. The second-order valence-electron chi connectivity index (χ2n) is 8.09. The minimum atomic E-state index is 1.01. The molecule has 0 amide bonds. The highest BCUT2D eigenvalue weighted by Crippen LogP contribution is 2.20. The Kier molecular flexibility index (Phi) is 12.2. The monoisotopic (exact) mass is 398 g/mol. The molecule has 0 N–H and O–H groups in total. The Balaban J connectivity index is 1.78.